The number of hydrogen-bond donors (Lipinski definition) is 0. The van der Waals surface area contributed by atoms with Crippen molar-refractivity contribution in [2.75, 3.05) is 6.61 Å². The van der Waals surface area contributed by atoms with E-state index in [4.69, 9.17) is 4.74 Å². The standard InChI is InChI=1S/C13H26O2/c1-5-15-13(3,4)10-6-8-12(2)9-7-11-14/h11-12H,5-10H2,1-4H3. The van der Waals surface area contributed by atoms with E-state index in [1.54, 1.807) is 0 Å². The van der Waals surface area contributed by atoms with Crippen LogP contribution in [0.2, 0.25) is 0 Å². The van der Waals surface area contributed by atoms with Crippen LogP contribution in [0.25, 0.3) is 0 Å². The second-order valence-electron chi connectivity index (χ2n) is 4.93. The number of carbonyl (C=O) groups excluding carboxylic acids is 1. The zero-order chi connectivity index (χ0) is 11.7. The van der Waals surface area contributed by atoms with E-state index >= 15 is 0 Å². The lowest BCUT2D eigenvalue weighted by atomic mass is 9.94. The van der Waals surface area contributed by atoms with E-state index in [1.807, 2.05) is 6.92 Å². The number of rotatable bonds is 9. The summed E-state index contributed by atoms with van der Waals surface area (Å²) in [5.41, 5.74) is 0.0130. The van der Waals surface area contributed by atoms with Crippen molar-refractivity contribution in [3.8, 4) is 0 Å². The molecule has 0 saturated heterocycles. The Morgan fingerprint density at radius 2 is 2.00 bits per heavy atom. The van der Waals surface area contributed by atoms with Crippen molar-refractivity contribution in [3.05, 3.63) is 0 Å². The molecule has 15 heavy (non-hydrogen) atoms. The number of aldehydes is 1. The molecule has 0 aliphatic rings. The first kappa shape index (κ1) is 14.6. The van der Waals surface area contributed by atoms with E-state index in [1.165, 1.54) is 12.8 Å². The number of hydrogen-bond acceptors (Lipinski definition) is 2. The second-order valence-corrected chi connectivity index (χ2v) is 4.93. The molecule has 0 heterocycles. The molecular formula is C13H26O2. The van der Waals surface area contributed by atoms with Gasteiger partial charge in [0.15, 0.2) is 0 Å². The Hall–Kier alpha value is -0.370. The minimum atomic E-state index is 0.0130. The van der Waals surface area contributed by atoms with Crippen LogP contribution < -0.4 is 0 Å². The zero-order valence-corrected chi connectivity index (χ0v) is 10.7. The summed E-state index contributed by atoms with van der Waals surface area (Å²) in [6.07, 6.45) is 6.23. The van der Waals surface area contributed by atoms with E-state index in [0.29, 0.717) is 12.3 Å². The van der Waals surface area contributed by atoms with Gasteiger partial charge in [0.05, 0.1) is 5.60 Å². The molecule has 1 unspecified atom stereocenters. The van der Waals surface area contributed by atoms with Gasteiger partial charge >= 0.3 is 0 Å². The first-order chi connectivity index (χ1) is 7.02. The van der Waals surface area contributed by atoms with Crippen LogP contribution in [-0.2, 0) is 9.53 Å². The third-order valence-electron chi connectivity index (χ3n) is 2.79. The van der Waals surface area contributed by atoms with Crippen LogP contribution in [0.5, 0.6) is 0 Å². The van der Waals surface area contributed by atoms with E-state index in [-0.39, 0.29) is 5.60 Å². The molecule has 2 heteroatoms. The number of carbonyl (C=O) groups is 1. The van der Waals surface area contributed by atoms with Crippen molar-refractivity contribution in [1.82, 2.24) is 0 Å². The lowest BCUT2D eigenvalue weighted by Gasteiger charge is -2.25. The average molecular weight is 214 g/mol. The van der Waals surface area contributed by atoms with Gasteiger partial charge in [0, 0.05) is 13.0 Å². The molecule has 0 bridgehead atoms. The van der Waals surface area contributed by atoms with Gasteiger partial charge in [-0.3, -0.25) is 0 Å². The smallest absolute Gasteiger partial charge is 0.120 e. The second kappa shape index (κ2) is 7.86. The molecular weight excluding hydrogens is 188 g/mol. The molecule has 0 saturated carbocycles. The topological polar surface area (TPSA) is 26.3 Å². The van der Waals surface area contributed by atoms with Crippen LogP contribution >= 0.6 is 0 Å². The molecule has 2 nitrogen and oxygen atoms in total. The molecule has 0 aromatic heterocycles. The SMILES string of the molecule is CCOC(C)(C)CCCC(C)CCC=O. The Kier molecular flexibility index (Phi) is 7.67. The van der Waals surface area contributed by atoms with Crippen molar-refractivity contribution in [1.29, 1.82) is 0 Å². The lowest BCUT2D eigenvalue weighted by Crippen LogP contribution is -2.24. The quantitative estimate of drug-likeness (QED) is 0.548. The van der Waals surface area contributed by atoms with E-state index < -0.39 is 0 Å². The summed E-state index contributed by atoms with van der Waals surface area (Å²) >= 11 is 0. The van der Waals surface area contributed by atoms with Crippen molar-refractivity contribution in [2.24, 2.45) is 5.92 Å². The summed E-state index contributed by atoms with van der Waals surface area (Å²) < 4.78 is 5.64. The van der Waals surface area contributed by atoms with E-state index in [0.717, 1.165) is 25.7 Å². The van der Waals surface area contributed by atoms with Crippen LogP contribution in [-0.4, -0.2) is 18.5 Å². The van der Waals surface area contributed by atoms with Gasteiger partial charge in [0.2, 0.25) is 0 Å². The molecule has 0 amide bonds. The maximum Gasteiger partial charge on any atom is 0.120 e. The predicted octanol–water partition coefficient (Wildman–Crippen LogP) is 3.59. The summed E-state index contributed by atoms with van der Waals surface area (Å²) in [5, 5.41) is 0. The molecule has 0 spiro atoms. The fourth-order valence-corrected chi connectivity index (χ4v) is 1.84. The van der Waals surface area contributed by atoms with Crippen LogP contribution in [0, 0.1) is 5.92 Å². The minimum absolute atomic E-state index is 0.0130. The highest BCUT2D eigenvalue weighted by Gasteiger charge is 2.17. The molecule has 0 fully saturated rings. The summed E-state index contributed by atoms with van der Waals surface area (Å²) in [5.74, 6) is 0.660. The summed E-state index contributed by atoms with van der Waals surface area (Å²) in [6.45, 7) is 9.33. The fourth-order valence-electron chi connectivity index (χ4n) is 1.84. The third-order valence-corrected chi connectivity index (χ3v) is 2.79. The summed E-state index contributed by atoms with van der Waals surface area (Å²) in [6, 6.07) is 0. The molecule has 1 atom stereocenters. The molecule has 0 aliphatic carbocycles. The van der Waals surface area contributed by atoms with Crippen molar-refractivity contribution in [2.45, 2.75) is 65.4 Å². The van der Waals surface area contributed by atoms with Crippen LogP contribution in [0.3, 0.4) is 0 Å². The third kappa shape index (κ3) is 8.61. The molecule has 0 aromatic rings. The van der Waals surface area contributed by atoms with Crippen molar-refractivity contribution >= 4 is 6.29 Å². The van der Waals surface area contributed by atoms with Crippen molar-refractivity contribution < 1.29 is 9.53 Å². The fraction of sp³-hybridized carbons (Fsp3) is 0.923. The molecule has 0 aliphatic heterocycles. The Morgan fingerprint density at radius 1 is 1.33 bits per heavy atom. The first-order valence-electron chi connectivity index (χ1n) is 6.09. The van der Waals surface area contributed by atoms with Gasteiger partial charge in [-0.15, -0.1) is 0 Å². The van der Waals surface area contributed by atoms with Crippen LogP contribution in [0.1, 0.15) is 59.8 Å². The summed E-state index contributed by atoms with van der Waals surface area (Å²) in [7, 11) is 0. The van der Waals surface area contributed by atoms with Gasteiger partial charge in [-0.2, -0.15) is 0 Å². The van der Waals surface area contributed by atoms with Gasteiger partial charge < -0.3 is 9.53 Å². The normalized spacial score (nSPS) is 13.9. The van der Waals surface area contributed by atoms with Gasteiger partial charge in [0.25, 0.3) is 0 Å². The van der Waals surface area contributed by atoms with Gasteiger partial charge in [-0.05, 0) is 39.5 Å². The van der Waals surface area contributed by atoms with Crippen LogP contribution in [0.15, 0.2) is 0 Å². The highest BCUT2D eigenvalue weighted by atomic mass is 16.5. The molecule has 90 valence electrons. The predicted molar refractivity (Wildman–Crippen MR) is 64.0 cm³/mol. The lowest BCUT2D eigenvalue weighted by molar-refractivity contribution is -0.108. The van der Waals surface area contributed by atoms with Gasteiger partial charge in [-0.25, -0.2) is 0 Å². The maximum atomic E-state index is 10.2. The Balaban J connectivity index is 3.55. The summed E-state index contributed by atoms with van der Waals surface area (Å²) in [4.78, 5) is 10.2. The Morgan fingerprint density at radius 3 is 2.53 bits per heavy atom. The van der Waals surface area contributed by atoms with Crippen LogP contribution in [0.4, 0.5) is 0 Å². The largest absolute Gasteiger partial charge is 0.376 e. The molecule has 0 rings (SSSR count). The van der Waals surface area contributed by atoms with Crippen molar-refractivity contribution in [3.63, 3.8) is 0 Å². The van der Waals surface area contributed by atoms with E-state index in [9.17, 15) is 4.79 Å². The maximum absolute atomic E-state index is 10.2. The highest BCUT2D eigenvalue weighted by Crippen LogP contribution is 2.21. The number of ether oxygens (including phenoxy) is 1. The monoisotopic (exact) mass is 214 g/mol. The first-order valence-corrected chi connectivity index (χ1v) is 6.09. The van der Waals surface area contributed by atoms with Gasteiger partial charge in [-0.1, -0.05) is 19.8 Å². The molecule has 0 N–H and O–H groups in total. The minimum Gasteiger partial charge on any atom is -0.376 e. The molecule has 0 radical (unpaired) electrons. The Bertz CT molecular complexity index is 164. The highest BCUT2D eigenvalue weighted by molar-refractivity contribution is 5.49. The average Bonchev–Trinajstić information content (AvgIpc) is 2.14. The van der Waals surface area contributed by atoms with Gasteiger partial charge in [0.1, 0.15) is 6.29 Å². The van der Waals surface area contributed by atoms with E-state index in [2.05, 4.69) is 20.8 Å². The zero-order valence-electron chi connectivity index (χ0n) is 10.7. The Labute approximate surface area is 94.4 Å². The molecule has 0 aromatic carbocycles.